The minimum atomic E-state index is 0.0858. The van der Waals surface area contributed by atoms with Crippen molar-refractivity contribution in [1.29, 1.82) is 0 Å². The fourth-order valence-corrected chi connectivity index (χ4v) is 4.09. The van der Waals surface area contributed by atoms with Crippen LogP contribution in [0, 0.1) is 0 Å². The zero-order chi connectivity index (χ0) is 22.6. The molecule has 0 unspecified atom stereocenters. The first-order valence-electron chi connectivity index (χ1n) is 10.7. The van der Waals surface area contributed by atoms with Crippen LogP contribution in [-0.2, 0) is 0 Å². The number of hydrogen-bond donors (Lipinski definition) is 1. The van der Waals surface area contributed by atoms with Crippen molar-refractivity contribution in [1.82, 2.24) is 4.57 Å². The molecule has 0 aliphatic carbocycles. The third-order valence-corrected chi connectivity index (χ3v) is 5.68. The maximum absolute atomic E-state index is 10.2. The summed E-state index contributed by atoms with van der Waals surface area (Å²) in [5.74, 6) is 0.0858. The van der Waals surface area contributed by atoms with E-state index in [0.29, 0.717) is 10.7 Å². The number of para-hydroxylation sites is 1. The standard InChI is InChI=1S/C29H21ClN2O/c30-24-16-17-28(33)26(19-24)31-20-23-18-27(21-10-4-1-5-11-21)32(25-14-8-3-9-15-25)29(23)22-12-6-2-7-13-22/h1-20,33H. The summed E-state index contributed by atoms with van der Waals surface area (Å²) in [7, 11) is 0. The lowest BCUT2D eigenvalue weighted by molar-refractivity contribution is 0.477. The first kappa shape index (κ1) is 20.8. The van der Waals surface area contributed by atoms with Gasteiger partial charge in [0.1, 0.15) is 11.4 Å². The van der Waals surface area contributed by atoms with Crippen molar-refractivity contribution in [3.63, 3.8) is 0 Å². The van der Waals surface area contributed by atoms with Crippen LogP contribution in [0.1, 0.15) is 5.56 Å². The van der Waals surface area contributed by atoms with Gasteiger partial charge in [-0.1, -0.05) is 90.5 Å². The average Bonchev–Trinajstić information content (AvgIpc) is 3.26. The van der Waals surface area contributed by atoms with Crippen LogP contribution in [-0.4, -0.2) is 15.9 Å². The Balaban J connectivity index is 1.78. The Morgan fingerprint density at radius 3 is 1.97 bits per heavy atom. The summed E-state index contributed by atoms with van der Waals surface area (Å²) in [6.07, 6.45) is 1.79. The van der Waals surface area contributed by atoms with E-state index in [0.717, 1.165) is 33.8 Å². The zero-order valence-corrected chi connectivity index (χ0v) is 18.5. The highest BCUT2D eigenvalue weighted by Crippen LogP contribution is 2.36. The molecule has 0 spiro atoms. The first-order valence-corrected chi connectivity index (χ1v) is 11.0. The highest BCUT2D eigenvalue weighted by Gasteiger charge is 2.18. The predicted octanol–water partition coefficient (Wildman–Crippen LogP) is 7.92. The SMILES string of the molecule is Oc1ccc(Cl)cc1N=Cc1cc(-c2ccccc2)n(-c2ccccc2)c1-c1ccccc1. The van der Waals surface area contributed by atoms with Gasteiger partial charge in [0.15, 0.2) is 0 Å². The normalized spacial score (nSPS) is 11.2. The molecular formula is C29H21ClN2O. The van der Waals surface area contributed by atoms with Crippen molar-refractivity contribution in [2.45, 2.75) is 0 Å². The van der Waals surface area contributed by atoms with Crippen LogP contribution >= 0.6 is 11.6 Å². The summed E-state index contributed by atoms with van der Waals surface area (Å²) in [5, 5.41) is 10.8. The van der Waals surface area contributed by atoms with E-state index in [2.05, 4.69) is 52.0 Å². The second kappa shape index (κ2) is 9.19. The molecule has 5 rings (SSSR count). The van der Waals surface area contributed by atoms with E-state index < -0.39 is 0 Å². The molecule has 5 aromatic rings. The number of halogens is 1. The number of aromatic nitrogens is 1. The summed E-state index contributed by atoms with van der Waals surface area (Å²) in [5.41, 5.74) is 6.66. The van der Waals surface area contributed by atoms with Crippen molar-refractivity contribution in [2.75, 3.05) is 0 Å². The molecule has 0 bridgehead atoms. The van der Waals surface area contributed by atoms with E-state index in [-0.39, 0.29) is 5.75 Å². The molecule has 0 aliphatic rings. The van der Waals surface area contributed by atoms with Crippen LogP contribution in [0.5, 0.6) is 5.75 Å². The Hall–Kier alpha value is -4.08. The van der Waals surface area contributed by atoms with Crippen LogP contribution < -0.4 is 0 Å². The lowest BCUT2D eigenvalue weighted by Gasteiger charge is -2.15. The average molecular weight is 449 g/mol. The number of hydrogen-bond acceptors (Lipinski definition) is 2. The molecule has 0 fully saturated rings. The molecule has 0 atom stereocenters. The molecule has 3 nitrogen and oxygen atoms in total. The second-order valence-electron chi connectivity index (χ2n) is 7.63. The van der Waals surface area contributed by atoms with Crippen LogP contribution in [0.2, 0.25) is 5.02 Å². The van der Waals surface area contributed by atoms with Crippen molar-refractivity contribution in [3.8, 4) is 34.0 Å². The monoisotopic (exact) mass is 448 g/mol. The summed E-state index contributed by atoms with van der Waals surface area (Å²) in [6.45, 7) is 0. The lowest BCUT2D eigenvalue weighted by atomic mass is 10.1. The van der Waals surface area contributed by atoms with Gasteiger partial charge in [0, 0.05) is 22.5 Å². The Morgan fingerprint density at radius 2 is 1.30 bits per heavy atom. The summed E-state index contributed by atoms with van der Waals surface area (Å²) < 4.78 is 2.25. The number of nitrogens with zero attached hydrogens (tertiary/aromatic N) is 2. The third-order valence-electron chi connectivity index (χ3n) is 5.44. The van der Waals surface area contributed by atoms with Gasteiger partial charge in [0.2, 0.25) is 0 Å². The van der Waals surface area contributed by atoms with E-state index in [1.807, 2.05) is 54.6 Å². The Kier molecular flexibility index (Phi) is 5.79. The Labute approximate surface area is 197 Å². The molecule has 1 heterocycles. The van der Waals surface area contributed by atoms with Crippen LogP contribution in [0.15, 0.2) is 120 Å². The molecule has 1 aromatic heterocycles. The zero-order valence-electron chi connectivity index (χ0n) is 17.8. The smallest absolute Gasteiger partial charge is 0.141 e. The number of rotatable bonds is 5. The third kappa shape index (κ3) is 4.32. The molecule has 33 heavy (non-hydrogen) atoms. The highest BCUT2D eigenvalue weighted by atomic mass is 35.5. The van der Waals surface area contributed by atoms with Crippen LogP contribution in [0.25, 0.3) is 28.2 Å². The van der Waals surface area contributed by atoms with Gasteiger partial charge in [-0.25, -0.2) is 0 Å². The topological polar surface area (TPSA) is 37.5 Å². The van der Waals surface area contributed by atoms with E-state index in [4.69, 9.17) is 11.6 Å². The fourth-order valence-electron chi connectivity index (χ4n) is 3.93. The van der Waals surface area contributed by atoms with Gasteiger partial charge in [-0.05, 0) is 47.5 Å². The molecule has 4 heteroatoms. The summed E-state index contributed by atoms with van der Waals surface area (Å²) in [6, 6.07) is 37.8. The summed E-state index contributed by atoms with van der Waals surface area (Å²) in [4.78, 5) is 4.59. The maximum Gasteiger partial charge on any atom is 0.141 e. The number of aliphatic imine (C=N–C) groups is 1. The van der Waals surface area contributed by atoms with Crippen molar-refractivity contribution in [2.24, 2.45) is 4.99 Å². The molecule has 160 valence electrons. The van der Waals surface area contributed by atoms with Gasteiger partial charge < -0.3 is 9.67 Å². The van der Waals surface area contributed by atoms with Crippen molar-refractivity contribution < 1.29 is 5.11 Å². The Bertz CT molecular complexity index is 1410. The quantitative estimate of drug-likeness (QED) is 0.272. The van der Waals surface area contributed by atoms with Crippen molar-refractivity contribution in [3.05, 3.63) is 126 Å². The van der Waals surface area contributed by atoms with Gasteiger partial charge in [-0.15, -0.1) is 0 Å². The molecule has 0 amide bonds. The van der Waals surface area contributed by atoms with E-state index in [1.165, 1.54) is 0 Å². The minimum absolute atomic E-state index is 0.0858. The van der Waals surface area contributed by atoms with Crippen LogP contribution in [0.3, 0.4) is 0 Å². The van der Waals surface area contributed by atoms with E-state index in [9.17, 15) is 5.11 Å². The first-order chi connectivity index (χ1) is 16.2. The number of phenolic OH excluding ortho intramolecular Hbond substituents is 1. The van der Waals surface area contributed by atoms with Gasteiger partial charge >= 0.3 is 0 Å². The van der Waals surface area contributed by atoms with Gasteiger partial charge in [-0.2, -0.15) is 0 Å². The van der Waals surface area contributed by atoms with Gasteiger partial charge in [0.25, 0.3) is 0 Å². The number of aromatic hydroxyl groups is 1. The lowest BCUT2D eigenvalue weighted by Crippen LogP contribution is -2.00. The van der Waals surface area contributed by atoms with E-state index in [1.54, 1.807) is 24.4 Å². The minimum Gasteiger partial charge on any atom is -0.506 e. The Morgan fingerprint density at radius 1 is 0.697 bits per heavy atom. The molecule has 4 aromatic carbocycles. The molecule has 0 saturated heterocycles. The molecule has 1 N–H and O–H groups in total. The number of benzene rings is 4. The predicted molar refractivity (Wildman–Crippen MR) is 137 cm³/mol. The van der Waals surface area contributed by atoms with Crippen molar-refractivity contribution >= 4 is 23.5 Å². The molecule has 0 aliphatic heterocycles. The largest absolute Gasteiger partial charge is 0.506 e. The second-order valence-corrected chi connectivity index (χ2v) is 8.06. The van der Waals surface area contributed by atoms with Crippen LogP contribution in [0.4, 0.5) is 5.69 Å². The maximum atomic E-state index is 10.2. The van der Waals surface area contributed by atoms with Gasteiger partial charge in [-0.3, -0.25) is 4.99 Å². The molecular weight excluding hydrogens is 428 g/mol. The molecule has 0 saturated carbocycles. The molecule has 0 radical (unpaired) electrons. The van der Waals surface area contributed by atoms with E-state index >= 15 is 0 Å². The highest BCUT2D eigenvalue weighted by molar-refractivity contribution is 6.30. The number of phenols is 1. The van der Waals surface area contributed by atoms with Gasteiger partial charge in [0.05, 0.1) is 11.4 Å². The summed E-state index contributed by atoms with van der Waals surface area (Å²) >= 11 is 6.13. The fraction of sp³-hybridized carbons (Fsp3) is 0.